The van der Waals surface area contributed by atoms with E-state index in [9.17, 15) is 5.11 Å². The summed E-state index contributed by atoms with van der Waals surface area (Å²) in [7, 11) is 0. The molecule has 0 aromatic heterocycles. The van der Waals surface area contributed by atoms with Crippen molar-refractivity contribution >= 4 is 0 Å². The van der Waals surface area contributed by atoms with Gasteiger partial charge in [-0.15, -0.1) is 0 Å². The standard InChI is InChI=1S/C11H19NO/c1-5-7-11(9(3)4)12-8-10(13)6-2/h5,7,10,12-13H,1,3,6,8H2,2,4H3/b11-7+. The van der Waals surface area contributed by atoms with Crippen LogP contribution in [0.4, 0.5) is 0 Å². The lowest BCUT2D eigenvalue weighted by molar-refractivity contribution is 0.171. The molecule has 0 spiro atoms. The van der Waals surface area contributed by atoms with Crippen molar-refractivity contribution in [1.29, 1.82) is 0 Å². The van der Waals surface area contributed by atoms with Gasteiger partial charge in [0.1, 0.15) is 0 Å². The minimum Gasteiger partial charge on any atom is -0.391 e. The maximum absolute atomic E-state index is 9.31. The lowest BCUT2D eigenvalue weighted by atomic mass is 10.2. The molecule has 0 aromatic rings. The highest BCUT2D eigenvalue weighted by Gasteiger charge is 2.01. The van der Waals surface area contributed by atoms with Crippen molar-refractivity contribution in [3.63, 3.8) is 0 Å². The molecule has 2 N–H and O–H groups in total. The fraction of sp³-hybridized carbons (Fsp3) is 0.455. The predicted molar refractivity (Wildman–Crippen MR) is 57.4 cm³/mol. The Balaban J connectivity index is 4.05. The first-order valence-corrected chi connectivity index (χ1v) is 4.52. The third kappa shape index (κ3) is 5.26. The molecule has 2 nitrogen and oxygen atoms in total. The summed E-state index contributed by atoms with van der Waals surface area (Å²) in [5.41, 5.74) is 1.88. The molecule has 0 bridgehead atoms. The molecular formula is C11H19NO. The molecule has 0 heterocycles. The van der Waals surface area contributed by atoms with Gasteiger partial charge in [0.25, 0.3) is 0 Å². The Morgan fingerprint density at radius 2 is 2.23 bits per heavy atom. The van der Waals surface area contributed by atoms with Gasteiger partial charge in [0.05, 0.1) is 6.10 Å². The van der Waals surface area contributed by atoms with Crippen LogP contribution in [-0.2, 0) is 0 Å². The molecule has 0 aliphatic carbocycles. The van der Waals surface area contributed by atoms with Gasteiger partial charge in [-0.2, -0.15) is 0 Å². The van der Waals surface area contributed by atoms with E-state index in [1.54, 1.807) is 6.08 Å². The summed E-state index contributed by atoms with van der Waals surface area (Å²) in [6.45, 7) is 11.9. The predicted octanol–water partition coefficient (Wildman–Crippen LogP) is 1.99. The zero-order valence-electron chi connectivity index (χ0n) is 8.51. The molecule has 0 saturated heterocycles. The van der Waals surface area contributed by atoms with E-state index >= 15 is 0 Å². The average Bonchev–Trinajstić information content (AvgIpc) is 2.11. The van der Waals surface area contributed by atoms with Gasteiger partial charge in [0.15, 0.2) is 0 Å². The fourth-order valence-corrected chi connectivity index (χ4v) is 0.842. The van der Waals surface area contributed by atoms with E-state index in [2.05, 4.69) is 18.5 Å². The van der Waals surface area contributed by atoms with Gasteiger partial charge in [-0.05, 0) is 25.0 Å². The summed E-state index contributed by atoms with van der Waals surface area (Å²) >= 11 is 0. The van der Waals surface area contributed by atoms with E-state index in [4.69, 9.17) is 0 Å². The first-order chi connectivity index (χ1) is 6.11. The second-order valence-corrected chi connectivity index (χ2v) is 3.04. The molecule has 74 valence electrons. The largest absolute Gasteiger partial charge is 0.391 e. The van der Waals surface area contributed by atoms with Crippen molar-refractivity contribution in [3.8, 4) is 0 Å². The van der Waals surface area contributed by atoms with Gasteiger partial charge in [0.2, 0.25) is 0 Å². The molecule has 0 aliphatic heterocycles. The topological polar surface area (TPSA) is 32.3 Å². The maximum Gasteiger partial charge on any atom is 0.0709 e. The van der Waals surface area contributed by atoms with Crippen molar-refractivity contribution in [3.05, 3.63) is 36.6 Å². The fourth-order valence-electron chi connectivity index (χ4n) is 0.842. The molecule has 1 unspecified atom stereocenters. The van der Waals surface area contributed by atoms with Crippen molar-refractivity contribution in [2.45, 2.75) is 26.4 Å². The monoisotopic (exact) mass is 181 g/mol. The van der Waals surface area contributed by atoms with Gasteiger partial charge in [-0.25, -0.2) is 0 Å². The van der Waals surface area contributed by atoms with Crippen LogP contribution in [0.5, 0.6) is 0 Å². The maximum atomic E-state index is 9.31. The Hall–Kier alpha value is -1.02. The second kappa shape index (κ2) is 6.49. The summed E-state index contributed by atoms with van der Waals surface area (Å²) in [5, 5.41) is 12.4. The molecule has 0 amide bonds. The molecule has 13 heavy (non-hydrogen) atoms. The molecule has 0 fully saturated rings. The number of hydrogen-bond acceptors (Lipinski definition) is 2. The van der Waals surface area contributed by atoms with Crippen LogP contribution in [0.3, 0.4) is 0 Å². The quantitative estimate of drug-likeness (QED) is 0.614. The lowest BCUT2D eigenvalue weighted by Crippen LogP contribution is -2.25. The molecular weight excluding hydrogens is 162 g/mol. The van der Waals surface area contributed by atoms with Crippen LogP contribution in [0.25, 0.3) is 0 Å². The smallest absolute Gasteiger partial charge is 0.0709 e. The molecule has 0 aliphatic rings. The molecule has 0 rings (SSSR count). The third-order valence-electron chi connectivity index (χ3n) is 1.74. The van der Waals surface area contributed by atoms with Crippen LogP contribution in [0.2, 0.25) is 0 Å². The summed E-state index contributed by atoms with van der Waals surface area (Å²) in [5.74, 6) is 0. The Bertz CT molecular complexity index is 206. The van der Waals surface area contributed by atoms with Crippen molar-refractivity contribution in [2.24, 2.45) is 0 Å². The molecule has 0 saturated carbocycles. The molecule has 2 heteroatoms. The third-order valence-corrected chi connectivity index (χ3v) is 1.74. The molecule has 0 radical (unpaired) electrons. The number of allylic oxidation sites excluding steroid dienone is 3. The van der Waals surface area contributed by atoms with Gasteiger partial charge in [-0.3, -0.25) is 0 Å². The summed E-state index contributed by atoms with van der Waals surface area (Å²) in [6, 6.07) is 0. The van der Waals surface area contributed by atoms with Crippen LogP contribution < -0.4 is 5.32 Å². The SMILES string of the molecule is C=C/C=C(/NCC(O)CC)C(=C)C. The van der Waals surface area contributed by atoms with Crippen molar-refractivity contribution < 1.29 is 5.11 Å². The van der Waals surface area contributed by atoms with Crippen LogP contribution in [0, 0.1) is 0 Å². The van der Waals surface area contributed by atoms with Crippen LogP contribution >= 0.6 is 0 Å². The van der Waals surface area contributed by atoms with Crippen molar-refractivity contribution in [2.75, 3.05) is 6.54 Å². The van der Waals surface area contributed by atoms with E-state index in [1.165, 1.54) is 0 Å². The van der Waals surface area contributed by atoms with E-state index in [0.29, 0.717) is 6.54 Å². The van der Waals surface area contributed by atoms with E-state index in [1.807, 2.05) is 19.9 Å². The highest BCUT2D eigenvalue weighted by atomic mass is 16.3. The van der Waals surface area contributed by atoms with Gasteiger partial charge < -0.3 is 10.4 Å². The first-order valence-electron chi connectivity index (χ1n) is 4.52. The van der Waals surface area contributed by atoms with E-state index < -0.39 is 0 Å². The van der Waals surface area contributed by atoms with Crippen LogP contribution in [0.1, 0.15) is 20.3 Å². The number of rotatable bonds is 6. The zero-order valence-corrected chi connectivity index (χ0v) is 8.51. The molecule has 0 aromatic carbocycles. The Morgan fingerprint density at radius 3 is 2.62 bits per heavy atom. The Morgan fingerprint density at radius 1 is 1.62 bits per heavy atom. The first kappa shape index (κ1) is 12.0. The minimum atomic E-state index is -0.299. The minimum absolute atomic E-state index is 0.299. The Labute approximate surface area is 80.7 Å². The van der Waals surface area contributed by atoms with E-state index in [0.717, 1.165) is 17.7 Å². The van der Waals surface area contributed by atoms with Gasteiger partial charge in [0, 0.05) is 12.2 Å². The normalized spacial score (nSPS) is 13.6. The zero-order chi connectivity index (χ0) is 10.3. The van der Waals surface area contributed by atoms with E-state index in [-0.39, 0.29) is 6.10 Å². The van der Waals surface area contributed by atoms with Gasteiger partial charge >= 0.3 is 0 Å². The highest BCUT2D eigenvalue weighted by Crippen LogP contribution is 2.02. The van der Waals surface area contributed by atoms with Gasteiger partial charge in [-0.1, -0.05) is 26.2 Å². The average molecular weight is 181 g/mol. The highest BCUT2D eigenvalue weighted by molar-refractivity contribution is 5.27. The lowest BCUT2D eigenvalue weighted by Gasteiger charge is -2.13. The second-order valence-electron chi connectivity index (χ2n) is 3.04. The van der Waals surface area contributed by atoms with Crippen LogP contribution in [-0.4, -0.2) is 17.8 Å². The Kier molecular flexibility index (Phi) is 5.98. The molecule has 1 atom stereocenters. The number of aliphatic hydroxyl groups excluding tert-OH is 1. The summed E-state index contributed by atoms with van der Waals surface area (Å²) < 4.78 is 0. The van der Waals surface area contributed by atoms with Crippen molar-refractivity contribution in [1.82, 2.24) is 5.32 Å². The summed E-state index contributed by atoms with van der Waals surface area (Å²) in [4.78, 5) is 0. The van der Waals surface area contributed by atoms with Crippen LogP contribution in [0.15, 0.2) is 36.6 Å². The number of aliphatic hydroxyl groups is 1. The number of nitrogens with one attached hydrogen (secondary N) is 1. The summed E-state index contributed by atoms with van der Waals surface area (Å²) in [6.07, 6.45) is 4.01. The number of hydrogen-bond donors (Lipinski definition) is 2.